The number of β-lactam (4-membered cyclic amide) rings is 1. The summed E-state index contributed by atoms with van der Waals surface area (Å²) in [5.74, 6) is -0.683. The molecule has 6 nitrogen and oxygen atoms in total. The Bertz CT molecular complexity index is 293. The highest BCUT2D eigenvalue weighted by Crippen LogP contribution is 2.28. The quantitative estimate of drug-likeness (QED) is 0.385. The van der Waals surface area contributed by atoms with Crippen LogP contribution in [0.5, 0.6) is 0 Å². The molecule has 0 aromatic heterocycles. The Morgan fingerprint density at radius 3 is 2.27 bits per heavy atom. The van der Waals surface area contributed by atoms with Crippen molar-refractivity contribution in [3.05, 3.63) is 0 Å². The van der Waals surface area contributed by atoms with Gasteiger partial charge in [-0.2, -0.15) is 12.7 Å². The van der Waals surface area contributed by atoms with Crippen molar-refractivity contribution in [3.8, 4) is 0 Å². The van der Waals surface area contributed by atoms with Crippen LogP contribution in [0.25, 0.3) is 0 Å². The van der Waals surface area contributed by atoms with Crippen LogP contribution in [0, 0.1) is 0 Å². The highest BCUT2D eigenvalue weighted by atomic mass is 32.2. The zero-order chi connectivity index (χ0) is 8.86. The lowest BCUT2D eigenvalue weighted by Crippen LogP contribution is -2.68. The van der Waals surface area contributed by atoms with E-state index < -0.39 is 21.9 Å². The Hall–Kier alpha value is -0.660. The fourth-order valence-electron chi connectivity index (χ4n) is 1.04. The van der Waals surface area contributed by atoms with Gasteiger partial charge in [-0.05, 0) is 6.92 Å². The fraction of sp³-hybridized carbons (Fsp3) is 0.750. The molecule has 0 unspecified atom stereocenters. The summed E-state index contributed by atoms with van der Waals surface area (Å²) in [5.41, 5.74) is 4.05. The van der Waals surface area contributed by atoms with Gasteiger partial charge in [0.15, 0.2) is 0 Å². The molecule has 7 heteroatoms. The number of carbonyl (C=O) groups excluding carboxylic acids is 1. The average Bonchev–Trinajstić information content (AvgIpc) is 1.54. The van der Waals surface area contributed by atoms with Crippen LogP contribution in [0.1, 0.15) is 13.3 Å². The lowest BCUT2D eigenvalue weighted by Gasteiger charge is -2.43. The Labute approximate surface area is 63.9 Å². The Morgan fingerprint density at radius 1 is 1.73 bits per heavy atom. The van der Waals surface area contributed by atoms with Gasteiger partial charge in [-0.15, -0.1) is 0 Å². The minimum absolute atomic E-state index is 0.0627. The summed E-state index contributed by atoms with van der Waals surface area (Å²) >= 11 is 0. The maximum Gasteiger partial charge on any atom is 0.363 e. The van der Waals surface area contributed by atoms with E-state index in [0.29, 0.717) is 0 Å². The maximum atomic E-state index is 10.6. The molecule has 0 bridgehead atoms. The van der Waals surface area contributed by atoms with Crippen LogP contribution in [0.3, 0.4) is 0 Å². The summed E-state index contributed by atoms with van der Waals surface area (Å²) in [7, 11) is -4.46. The van der Waals surface area contributed by atoms with Crippen molar-refractivity contribution in [2.45, 2.75) is 19.0 Å². The highest BCUT2D eigenvalue weighted by Gasteiger charge is 2.51. The highest BCUT2D eigenvalue weighted by molar-refractivity contribution is 7.84. The zero-order valence-electron chi connectivity index (χ0n) is 5.81. The number of carbonyl (C=O) groups is 1. The molecule has 0 saturated carbocycles. The third kappa shape index (κ3) is 1.22. The van der Waals surface area contributed by atoms with Gasteiger partial charge < -0.3 is 5.73 Å². The molecule has 0 aromatic rings. The molecule has 1 amide bonds. The van der Waals surface area contributed by atoms with E-state index in [1.165, 1.54) is 6.92 Å². The van der Waals surface area contributed by atoms with Crippen molar-refractivity contribution < 1.29 is 17.8 Å². The Kier molecular flexibility index (Phi) is 1.48. The normalized spacial score (nSPS) is 31.9. The van der Waals surface area contributed by atoms with Crippen molar-refractivity contribution in [2.75, 3.05) is 0 Å². The number of hydrogen-bond donors (Lipinski definition) is 2. The first-order chi connectivity index (χ1) is 4.75. The van der Waals surface area contributed by atoms with Crippen LogP contribution in [0.4, 0.5) is 0 Å². The number of amides is 1. The minimum atomic E-state index is -4.46. The molecule has 11 heavy (non-hydrogen) atoms. The van der Waals surface area contributed by atoms with Gasteiger partial charge in [0, 0.05) is 0 Å². The van der Waals surface area contributed by atoms with Crippen LogP contribution in [0.2, 0.25) is 0 Å². The van der Waals surface area contributed by atoms with Gasteiger partial charge in [-0.25, -0.2) is 0 Å². The SMILES string of the molecule is C[C@@]1(N)CC(=O)N1S(=O)(=O)O. The predicted octanol–water partition coefficient (Wildman–Crippen LogP) is -1.30. The van der Waals surface area contributed by atoms with Gasteiger partial charge in [-0.3, -0.25) is 9.35 Å². The predicted molar refractivity (Wildman–Crippen MR) is 35.6 cm³/mol. The molecule has 0 radical (unpaired) electrons. The molecule has 1 saturated heterocycles. The first-order valence-electron chi connectivity index (χ1n) is 2.85. The van der Waals surface area contributed by atoms with E-state index in [2.05, 4.69) is 0 Å². The summed E-state index contributed by atoms with van der Waals surface area (Å²) < 4.78 is 29.5. The van der Waals surface area contributed by atoms with Gasteiger partial charge in [0.25, 0.3) is 0 Å². The average molecular weight is 180 g/mol. The lowest BCUT2D eigenvalue weighted by molar-refractivity contribution is -0.144. The lowest BCUT2D eigenvalue weighted by atomic mass is 10.0. The van der Waals surface area contributed by atoms with Crippen LogP contribution < -0.4 is 5.73 Å². The second-order valence-corrected chi connectivity index (χ2v) is 3.93. The number of hydrogen-bond acceptors (Lipinski definition) is 4. The van der Waals surface area contributed by atoms with Gasteiger partial charge >= 0.3 is 10.3 Å². The van der Waals surface area contributed by atoms with Crippen molar-refractivity contribution in [2.24, 2.45) is 5.73 Å². The monoisotopic (exact) mass is 180 g/mol. The molecular formula is C4H8N2O4S. The molecule has 1 rings (SSSR count). The van der Waals surface area contributed by atoms with Crippen LogP contribution >= 0.6 is 0 Å². The van der Waals surface area contributed by atoms with E-state index in [0.717, 1.165) is 0 Å². The molecule has 0 aromatic carbocycles. The van der Waals surface area contributed by atoms with Crippen molar-refractivity contribution in [3.63, 3.8) is 0 Å². The van der Waals surface area contributed by atoms with E-state index in [4.69, 9.17) is 10.3 Å². The van der Waals surface area contributed by atoms with Crippen molar-refractivity contribution in [1.29, 1.82) is 0 Å². The first-order valence-corrected chi connectivity index (χ1v) is 4.24. The number of rotatable bonds is 1. The smallest absolute Gasteiger partial charge is 0.307 e. The maximum absolute atomic E-state index is 10.6. The Morgan fingerprint density at radius 2 is 2.18 bits per heavy atom. The largest absolute Gasteiger partial charge is 0.363 e. The zero-order valence-corrected chi connectivity index (χ0v) is 6.63. The topological polar surface area (TPSA) is 101 Å². The third-order valence-electron chi connectivity index (χ3n) is 1.43. The minimum Gasteiger partial charge on any atom is -0.307 e. The molecule has 1 heterocycles. The summed E-state index contributed by atoms with van der Waals surface area (Å²) in [5, 5.41) is 0. The van der Waals surface area contributed by atoms with Crippen LogP contribution in [-0.4, -0.2) is 28.8 Å². The van der Waals surface area contributed by atoms with E-state index in [1.807, 2.05) is 0 Å². The van der Waals surface area contributed by atoms with Crippen molar-refractivity contribution in [1.82, 2.24) is 4.31 Å². The molecular weight excluding hydrogens is 172 g/mol. The van der Waals surface area contributed by atoms with E-state index in [9.17, 15) is 13.2 Å². The molecule has 0 spiro atoms. The molecule has 1 aliphatic heterocycles. The fourth-order valence-corrected chi connectivity index (χ4v) is 1.95. The van der Waals surface area contributed by atoms with Gasteiger partial charge in [0.1, 0.15) is 5.66 Å². The van der Waals surface area contributed by atoms with Gasteiger partial charge in [0.2, 0.25) is 5.91 Å². The molecule has 1 fully saturated rings. The number of nitrogens with zero attached hydrogens (tertiary/aromatic N) is 1. The number of nitrogens with two attached hydrogens (primary N) is 1. The van der Waals surface area contributed by atoms with Crippen molar-refractivity contribution >= 4 is 16.2 Å². The molecule has 3 N–H and O–H groups in total. The summed E-state index contributed by atoms with van der Waals surface area (Å²) in [6.07, 6.45) is -0.0627. The van der Waals surface area contributed by atoms with E-state index >= 15 is 0 Å². The molecule has 1 aliphatic rings. The van der Waals surface area contributed by atoms with Crippen LogP contribution in [0.15, 0.2) is 0 Å². The third-order valence-corrected chi connectivity index (χ3v) is 2.51. The summed E-state index contributed by atoms with van der Waals surface area (Å²) in [6, 6.07) is 0. The second-order valence-electron chi connectivity index (χ2n) is 2.67. The van der Waals surface area contributed by atoms with E-state index in [-0.39, 0.29) is 10.7 Å². The van der Waals surface area contributed by atoms with Gasteiger partial charge in [0.05, 0.1) is 6.42 Å². The molecule has 1 atom stereocenters. The van der Waals surface area contributed by atoms with Crippen LogP contribution in [-0.2, 0) is 15.1 Å². The molecule has 0 aliphatic carbocycles. The summed E-state index contributed by atoms with van der Waals surface area (Å²) in [4.78, 5) is 10.6. The Balaban J connectivity index is 2.98. The standard InChI is InChI=1S/C4H8N2O4S/c1-4(5)2-3(7)6(4)11(8,9)10/h2,5H2,1H3,(H,8,9,10)/t4-/m0/s1. The van der Waals surface area contributed by atoms with Gasteiger partial charge in [-0.1, -0.05) is 0 Å². The summed E-state index contributed by atoms with van der Waals surface area (Å²) in [6.45, 7) is 1.35. The second kappa shape index (κ2) is 1.93. The van der Waals surface area contributed by atoms with E-state index in [1.54, 1.807) is 0 Å². The first kappa shape index (κ1) is 8.44. The molecule has 64 valence electrons.